The summed E-state index contributed by atoms with van der Waals surface area (Å²) < 4.78 is 0. The topological polar surface area (TPSA) is 42.0 Å². The van der Waals surface area contributed by atoms with Gasteiger partial charge >= 0.3 is 0 Å². The number of hydrogen-bond acceptors (Lipinski definition) is 3. The van der Waals surface area contributed by atoms with Gasteiger partial charge in [-0.15, -0.1) is 11.3 Å². The zero-order valence-electron chi connectivity index (χ0n) is 7.29. The van der Waals surface area contributed by atoms with Crippen molar-refractivity contribution in [3.8, 4) is 0 Å². The van der Waals surface area contributed by atoms with Gasteiger partial charge in [0.25, 0.3) is 5.91 Å². The Kier molecular flexibility index (Phi) is 4.38. The minimum absolute atomic E-state index is 0.0321. The first kappa shape index (κ1) is 10.7. The summed E-state index contributed by atoms with van der Waals surface area (Å²) in [6.45, 7) is 2.77. The lowest BCUT2D eigenvalue weighted by molar-refractivity contribution is 0.0953. The second kappa shape index (κ2) is 5.34. The minimum atomic E-state index is -0.0321. The number of halogens is 1. The third kappa shape index (κ3) is 3.44. The standard InChI is InChI=1S/C8H11BrN2OS/c1-6(2-9)3-11-8(12)7-4-10-5-13-7/h4-6H,2-3H2,1H3,(H,11,12). The zero-order valence-corrected chi connectivity index (χ0v) is 9.69. The van der Waals surface area contributed by atoms with Crippen LogP contribution in [0.1, 0.15) is 16.6 Å². The predicted octanol–water partition coefficient (Wildman–Crippen LogP) is 1.90. The lowest BCUT2D eigenvalue weighted by Crippen LogP contribution is -2.28. The molecule has 1 atom stereocenters. The Morgan fingerprint density at radius 1 is 1.85 bits per heavy atom. The Hall–Kier alpha value is -0.420. The number of alkyl halides is 1. The molecule has 1 aromatic heterocycles. The molecule has 0 aliphatic carbocycles. The van der Waals surface area contributed by atoms with Gasteiger partial charge in [-0.05, 0) is 5.92 Å². The van der Waals surface area contributed by atoms with Gasteiger partial charge in [0.2, 0.25) is 0 Å². The summed E-state index contributed by atoms with van der Waals surface area (Å²) in [6.07, 6.45) is 1.58. The minimum Gasteiger partial charge on any atom is -0.351 e. The number of carbonyl (C=O) groups is 1. The highest BCUT2D eigenvalue weighted by atomic mass is 79.9. The van der Waals surface area contributed by atoms with Crippen LogP contribution >= 0.6 is 27.3 Å². The number of thiazole rings is 1. The SMILES string of the molecule is CC(CBr)CNC(=O)c1cncs1. The number of nitrogens with zero attached hydrogens (tertiary/aromatic N) is 1. The van der Waals surface area contributed by atoms with Crippen molar-refractivity contribution in [3.05, 3.63) is 16.6 Å². The molecule has 0 radical (unpaired) electrons. The average molecular weight is 263 g/mol. The fourth-order valence-electron chi connectivity index (χ4n) is 0.737. The van der Waals surface area contributed by atoms with Gasteiger partial charge in [-0.1, -0.05) is 22.9 Å². The second-order valence-electron chi connectivity index (χ2n) is 2.84. The lowest BCUT2D eigenvalue weighted by atomic mass is 10.2. The van der Waals surface area contributed by atoms with Crippen LogP contribution in [0, 0.1) is 5.92 Å². The zero-order chi connectivity index (χ0) is 9.68. The van der Waals surface area contributed by atoms with Gasteiger partial charge in [0.1, 0.15) is 4.88 Å². The van der Waals surface area contributed by atoms with Gasteiger partial charge < -0.3 is 5.32 Å². The number of rotatable bonds is 4. The first-order chi connectivity index (χ1) is 6.24. The maximum Gasteiger partial charge on any atom is 0.263 e. The molecule has 13 heavy (non-hydrogen) atoms. The molecule has 72 valence electrons. The highest BCUT2D eigenvalue weighted by Crippen LogP contribution is 2.05. The van der Waals surface area contributed by atoms with Crippen LogP contribution in [0.25, 0.3) is 0 Å². The molecule has 0 saturated carbocycles. The largest absolute Gasteiger partial charge is 0.351 e. The average Bonchev–Trinajstić information content (AvgIpc) is 2.66. The van der Waals surface area contributed by atoms with Crippen molar-refractivity contribution < 1.29 is 4.79 Å². The maximum absolute atomic E-state index is 11.4. The van der Waals surface area contributed by atoms with Crippen LogP contribution < -0.4 is 5.32 Å². The van der Waals surface area contributed by atoms with Crippen molar-refractivity contribution in [2.75, 3.05) is 11.9 Å². The molecule has 0 bridgehead atoms. The summed E-state index contributed by atoms with van der Waals surface area (Å²) in [6, 6.07) is 0. The summed E-state index contributed by atoms with van der Waals surface area (Å²) in [4.78, 5) is 15.9. The molecule has 0 fully saturated rings. The first-order valence-electron chi connectivity index (χ1n) is 3.96. The van der Waals surface area contributed by atoms with E-state index in [1.807, 2.05) is 0 Å². The van der Waals surface area contributed by atoms with Crippen LogP contribution in [0.15, 0.2) is 11.7 Å². The van der Waals surface area contributed by atoms with Crippen molar-refractivity contribution in [1.82, 2.24) is 10.3 Å². The smallest absolute Gasteiger partial charge is 0.263 e. The van der Waals surface area contributed by atoms with Gasteiger partial charge in [0.15, 0.2) is 0 Å². The fraction of sp³-hybridized carbons (Fsp3) is 0.500. The van der Waals surface area contributed by atoms with E-state index in [0.29, 0.717) is 17.3 Å². The molecule has 1 amide bonds. The van der Waals surface area contributed by atoms with Crippen molar-refractivity contribution >= 4 is 33.2 Å². The van der Waals surface area contributed by atoms with Crippen LogP contribution in [0.2, 0.25) is 0 Å². The quantitative estimate of drug-likeness (QED) is 0.843. The molecule has 5 heteroatoms. The van der Waals surface area contributed by atoms with Crippen molar-refractivity contribution in [2.45, 2.75) is 6.92 Å². The summed E-state index contributed by atoms with van der Waals surface area (Å²) in [5.74, 6) is 0.423. The molecule has 0 spiro atoms. The van der Waals surface area contributed by atoms with Crippen LogP contribution in [-0.2, 0) is 0 Å². The number of aromatic nitrogens is 1. The van der Waals surface area contributed by atoms with Crippen LogP contribution in [0.3, 0.4) is 0 Å². The molecule has 0 aliphatic heterocycles. The van der Waals surface area contributed by atoms with E-state index in [1.54, 1.807) is 11.7 Å². The Morgan fingerprint density at radius 2 is 2.62 bits per heavy atom. The highest BCUT2D eigenvalue weighted by Gasteiger charge is 2.07. The van der Waals surface area contributed by atoms with E-state index in [4.69, 9.17) is 0 Å². The predicted molar refractivity (Wildman–Crippen MR) is 57.4 cm³/mol. The van der Waals surface area contributed by atoms with Gasteiger partial charge in [-0.2, -0.15) is 0 Å². The summed E-state index contributed by atoms with van der Waals surface area (Å²) in [7, 11) is 0. The Morgan fingerprint density at radius 3 is 3.15 bits per heavy atom. The van der Waals surface area contributed by atoms with E-state index in [-0.39, 0.29) is 5.91 Å². The van der Waals surface area contributed by atoms with Crippen LogP contribution in [-0.4, -0.2) is 22.8 Å². The molecule has 1 heterocycles. The van der Waals surface area contributed by atoms with E-state index in [1.165, 1.54) is 11.3 Å². The molecule has 1 aromatic rings. The maximum atomic E-state index is 11.4. The summed E-state index contributed by atoms with van der Waals surface area (Å²) in [5.41, 5.74) is 1.66. The van der Waals surface area contributed by atoms with E-state index in [0.717, 1.165) is 5.33 Å². The molecular formula is C8H11BrN2OS. The monoisotopic (exact) mass is 262 g/mol. The number of hydrogen-bond donors (Lipinski definition) is 1. The first-order valence-corrected chi connectivity index (χ1v) is 5.96. The Balaban J connectivity index is 2.35. The van der Waals surface area contributed by atoms with Gasteiger partial charge in [-0.3, -0.25) is 9.78 Å². The molecule has 0 aromatic carbocycles. The molecule has 1 unspecified atom stereocenters. The van der Waals surface area contributed by atoms with E-state index in [2.05, 4.69) is 33.2 Å². The molecule has 3 nitrogen and oxygen atoms in total. The molecule has 1 rings (SSSR count). The van der Waals surface area contributed by atoms with Gasteiger partial charge in [0, 0.05) is 11.9 Å². The molecular weight excluding hydrogens is 252 g/mol. The van der Waals surface area contributed by atoms with E-state index < -0.39 is 0 Å². The van der Waals surface area contributed by atoms with Gasteiger partial charge in [0.05, 0.1) is 11.7 Å². The molecule has 0 saturated heterocycles. The van der Waals surface area contributed by atoms with E-state index in [9.17, 15) is 4.79 Å². The van der Waals surface area contributed by atoms with Crippen molar-refractivity contribution in [1.29, 1.82) is 0 Å². The fourth-order valence-corrected chi connectivity index (χ4v) is 1.50. The molecule has 0 aliphatic rings. The highest BCUT2D eigenvalue weighted by molar-refractivity contribution is 9.09. The Bertz CT molecular complexity index is 263. The number of carbonyl (C=O) groups excluding carboxylic acids is 1. The summed E-state index contributed by atoms with van der Waals surface area (Å²) in [5, 5.41) is 3.74. The van der Waals surface area contributed by atoms with Crippen molar-refractivity contribution in [2.24, 2.45) is 5.92 Å². The third-order valence-corrected chi connectivity index (χ3v) is 3.41. The van der Waals surface area contributed by atoms with Gasteiger partial charge in [-0.25, -0.2) is 0 Å². The van der Waals surface area contributed by atoms with E-state index >= 15 is 0 Å². The van der Waals surface area contributed by atoms with Crippen LogP contribution in [0.4, 0.5) is 0 Å². The third-order valence-electron chi connectivity index (χ3n) is 1.53. The summed E-state index contributed by atoms with van der Waals surface area (Å²) >= 11 is 4.71. The van der Waals surface area contributed by atoms with Crippen molar-refractivity contribution in [3.63, 3.8) is 0 Å². The molecule has 1 N–H and O–H groups in total. The second-order valence-corrected chi connectivity index (χ2v) is 4.37. The Labute approximate surface area is 89.7 Å². The number of nitrogens with one attached hydrogen (secondary N) is 1. The number of amides is 1. The lowest BCUT2D eigenvalue weighted by Gasteiger charge is -2.07. The van der Waals surface area contributed by atoms with Crippen LogP contribution in [0.5, 0.6) is 0 Å². The normalized spacial score (nSPS) is 12.5.